The summed E-state index contributed by atoms with van der Waals surface area (Å²) in [4.78, 5) is 0. The van der Waals surface area contributed by atoms with Crippen molar-refractivity contribution in [3.8, 4) is 12.3 Å². The summed E-state index contributed by atoms with van der Waals surface area (Å²) >= 11 is 0. The molecule has 10 heavy (non-hydrogen) atoms. The number of nitrogens with two attached hydrogens (primary N) is 1. The predicted octanol–water partition coefficient (Wildman–Crippen LogP) is 1.09. The van der Waals surface area contributed by atoms with Gasteiger partial charge in [0, 0.05) is 17.9 Å². The van der Waals surface area contributed by atoms with Crippen molar-refractivity contribution < 1.29 is 4.39 Å². The van der Waals surface area contributed by atoms with E-state index in [1.165, 1.54) is 0 Å². The zero-order valence-electron chi connectivity index (χ0n) is 6.10. The second kappa shape index (κ2) is 2.25. The highest BCUT2D eigenvalue weighted by atomic mass is 19.1. The summed E-state index contributed by atoms with van der Waals surface area (Å²) < 4.78 is 12.6. The average molecular weight is 141 g/mol. The lowest BCUT2D eigenvalue weighted by Crippen LogP contribution is -2.30. The Balaban J connectivity index is 2.44. The van der Waals surface area contributed by atoms with Crippen molar-refractivity contribution in [1.29, 1.82) is 0 Å². The fourth-order valence-corrected chi connectivity index (χ4v) is 1.07. The van der Waals surface area contributed by atoms with Crippen molar-refractivity contribution in [2.45, 2.75) is 32.0 Å². The monoisotopic (exact) mass is 141 g/mol. The van der Waals surface area contributed by atoms with E-state index in [0.29, 0.717) is 12.8 Å². The van der Waals surface area contributed by atoms with Crippen LogP contribution in [0.4, 0.5) is 4.39 Å². The molecule has 1 rings (SSSR count). The molecule has 1 aliphatic rings. The Morgan fingerprint density at radius 2 is 2.50 bits per heavy atom. The van der Waals surface area contributed by atoms with E-state index in [9.17, 15) is 4.39 Å². The molecule has 1 saturated carbocycles. The molecule has 0 bridgehead atoms. The number of hydrogen-bond acceptors (Lipinski definition) is 1. The van der Waals surface area contributed by atoms with Crippen molar-refractivity contribution in [2.75, 3.05) is 0 Å². The summed E-state index contributed by atoms with van der Waals surface area (Å²) in [7, 11) is 0. The minimum atomic E-state index is -0.726. The van der Waals surface area contributed by atoms with Crippen LogP contribution in [0, 0.1) is 17.8 Å². The van der Waals surface area contributed by atoms with Crippen LogP contribution in [0.15, 0.2) is 0 Å². The van der Waals surface area contributed by atoms with E-state index in [1.807, 2.05) is 6.92 Å². The molecule has 1 aliphatic carbocycles. The molecule has 0 saturated heterocycles. The summed E-state index contributed by atoms with van der Waals surface area (Å²) in [5.41, 5.74) is 5.32. The van der Waals surface area contributed by atoms with E-state index in [2.05, 4.69) is 5.92 Å². The van der Waals surface area contributed by atoms with E-state index in [-0.39, 0.29) is 11.5 Å². The second-order valence-corrected chi connectivity index (χ2v) is 3.19. The molecule has 0 spiro atoms. The average Bonchev–Trinajstić information content (AvgIpc) is 2.43. The highest BCUT2D eigenvalue weighted by Crippen LogP contribution is 2.50. The van der Waals surface area contributed by atoms with Crippen LogP contribution >= 0.6 is 0 Å². The van der Waals surface area contributed by atoms with Crippen LogP contribution < -0.4 is 5.73 Å². The van der Waals surface area contributed by atoms with Gasteiger partial charge in [-0.3, -0.25) is 0 Å². The molecule has 0 heterocycles. The van der Waals surface area contributed by atoms with Crippen molar-refractivity contribution in [3.05, 3.63) is 0 Å². The van der Waals surface area contributed by atoms with Crippen LogP contribution in [-0.2, 0) is 0 Å². The maximum Gasteiger partial charge on any atom is 0.108 e. The molecule has 1 fully saturated rings. The second-order valence-electron chi connectivity index (χ2n) is 3.19. The molecule has 2 heteroatoms. The van der Waals surface area contributed by atoms with Gasteiger partial charge < -0.3 is 5.73 Å². The van der Waals surface area contributed by atoms with Crippen molar-refractivity contribution >= 4 is 0 Å². The quantitative estimate of drug-likeness (QED) is 0.572. The molecule has 56 valence electrons. The minimum Gasteiger partial charge on any atom is -0.326 e. The first-order chi connectivity index (χ1) is 4.61. The zero-order valence-corrected chi connectivity index (χ0v) is 6.10. The molecule has 0 aromatic rings. The maximum absolute atomic E-state index is 12.6. The summed E-state index contributed by atoms with van der Waals surface area (Å²) in [5.74, 6) is 2.44. The third-order valence-electron chi connectivity index (χ3n) is 2.36. The molecule has 2 N–H and O–H groups in total. The highest BCUT2D eigenvalue weighted by molar-refractivity contribution is 5.09. The molecule has 0 radical (unpaired) electrons. The van der Waals surface area contributed by atoms with Crippen LogP contribution in [-0.4, -0.2) is 12.2 Å². The van der Waals surface area contributed by atoms with Gasteiger partial charge >= 0.3 is 0 Å². The Labute approximate surface area is 60.8 Å². The molecule has 3 atom stereocenters. The first-order valence-corrected chi connectivity index (χ1v) is 3.44. The third-order valence-corrected chi connectivity index (χ3v) is 2.36. The summed E-state index contributed by atoms with van der Waals surface area (Å²) in [5, 5.41) is 0. The molecule has 3 unspecified atom stereocenters. The van der Waals surface area contributed by atoms with Gasteiger partial charge in [0.15, 0.2) is 0 Å². The normalized spacial score (nSPS) is 40.4. The van der Waals surface area contributed by atoms with Gasteiger partial charge in [0.25, 0.3) is 0 Å². The third kappa shape index (κ3) is 1.02. The van der Waals surface area contributed by atoms with Gasteiger partial charge in [-0.15, -0.1) is 12.3 Å². The number of halogens is 1. The SMILES string of the molecule is C#CCC(N)C1(C)CC1F. The lowest BCUT2D eigenvalue weighted by Gasteiger charge is -2.14. The molecular formula is C8H12FN. The van der Waals surface area contributed by atoms with Crippen LogP contribution in [0.5, 0.6) is 0 Å². The van der Waals surface area contributed by atoms with Gasteiger partial charge in [-0.25, -0.2) is 4.39 Å². The van der Waals surface area contributed by atoms with Gasteiger partial charge in [-0.2, -0.15) is 0 Å². The smallest absolute Gasteiger partial charge is 0.108 e. The van der Waals surface area contributed by atoms with Crippen LogP contribution in [0.2, 0.25) is 0 Å². The van der Waals surface area contributed by atoms with E-state index < -0.39 is 6.17 Å². The summed E-state index contributed by atoms with van der Waals surface area (Å²) in [6.45, 7) is 1.85. The molecule has 0 amide bonds. The fourth-order valence-electron chi connectivity index (χ4n) is 1.07. The number of terminal acetylenes is 1. The number of alkyl halides is 1. The molecule has 1 nitrogen and oxygen atoms in total. The van der Waals surface area contributed by atoms with Crippen molar-refractivity contribution in [1.82, 2.24) is 0 Å². The summed E-state index contributed by atoms with van der Waals surface area (Å²) in [6, 6.07) is -0.160. The van der Waals surface area contributed by atoms with Gasteiger partial charge in [0.05, 0.1) is 0 Å². The maximum atomic E-state index is 12.6. The Morgan fingerprint density at radius 1 is 2.00 bits per heavy atom. The van der Waals surface area contributed by atoms with E-state index in [0.717, 1.165) is 0 Å². The summed E-state index contributed by atoms with van der Waals surface area (Å²) in [6.07, 6.45) is 5.38. The molecule has 0 aromatic heterocycles. The Bertz CT molecular complexity index is 173. The van der Waals surface area contributed by atoms with E-state index in [1.54, 1.807) is 0 Å². The first kappa shape index (κ1) is 7.56. The minimum absolute atomic E-state index is 0.160. The van der Waals surface area contributed by atoms with Crippen molar-refractivity contribution in [2.24, 2.45) is 11.1 Å². The van der Waals surface area contributed by atoms with E-state index >= 15 is 0 Å². The van der Waals surface area contributed by atoms with Crippen molar-refractivity contribution in [3.63, 3.8) is 0 Å². The zero-order chi connectivity index (χ0) is 7.78. The Morgan fingerprint density at radius 3 is 2.80 bits per heavy atom. The fraction of sp³-hybridized carbons (Fsp3) is 0.750. The largest absolute Gasteiger partial charge is 0.326 e. The van der Waals surface area contributed by atoms with Crippen LogP contribution in [0.3, 0.4) is 0 Å². The molecule has 0 aromatic carbocycles. The van der Waals surface area contributed by atoms with Gasteiger partial charge in [-0.1, -0.05) is 6.92 Å². The van der Waals surface area contributed by atoms with Gasteiger partial charge in [0.2, 0.25) is 0 Å². The molecular weight excluding hydrogens is 129 g/mol. The number of rotatable bonds is 2. The Kier molecular flexibility index (Phi) is 1.70. The van der Waals surface area contributed by atoms with Gasteiger partial charge in [0.1, 0.15) is 6.17 Å². The van der Waals surface area contributed by atoms with Crippen LogP contribution in [0.1, 0.15) is 19.8 Å². The van der Waals surface area contributed by atoms with E-state index in [4.69, 9.17) is 12.2 Å². The predicted molar refractivity (Wildman–Crippen MR) is 39.0 cm³/mol. The lowest BCUT2D eigenvalue weighted by molar-refractivity contribution is 0.331. The number of hydrogen-bond donors (Lipinski definition) is 1. The standard InChI is InChI=1S/C8H12FN/c1-3-4-7(10)8(2)5-6(8)9/h1,6-7H,4-5,10H2,2H3. The van der Waals surface area contributed by atoms with Gasteiger partial charge in [-0.05, 0) is 6.42 Å². The highest BCUT2D eigenvalue weighted by Gasteiger charge is 2.54. The first-order valence-electron chi connectivity index (χ1n) is 3.44. The Hall–Kier alpha value is -0.550. The van der Waals surface area contributed by atoms with Crippen LogP contribution in [0.25, 0.3) is 0 Å². The lowest BCUT2D eigenvalue weighted by atomic mass is 9.97. The topological polar surface area (TPSA) is 26.0 Å². The molecule has 0 aliphatic heterocycles.